The highest BCUT2D eigenvalue weighted by molar-refractivity contribution is 5.49. The monoisotopic (exact) mass is 242 g/mol. The van der Waals surface area contributed by atoms with Gasteiger partial charge < -0.3 is 9.28 Å². The van der Waals surface area contributed by atoms with Gasteiger partial charge in [-0.05, 0) is 19.3 Å². The second kappa shape index (κ2) is 10.8. The van der Waals surface area contributed by atoms with Gasteiger partial charge in [0.25, 0.3) is 0 Å². The minimum atomic E-state index is 0.733. The molecule has 0 aliphatic carbocycles. The van der Waals surface area contributed by atoms with Crippen LogP contribution < -0.4 is 0 Å². The second-order valence-electron chi connectivity index (χ2n) is 5.25. The van der Waals surface area contributed by atoms with E-state index in [0.29, 0.717) is 0 Å². The molecule has 0 aromatic heterocycles. The standard InChI is InChI=1S/C15H32NO/c1-4-7-11-16(12-8-5-2,13-9-6-3)14-10-15-17/h15H,4-14H2,1-3H3/q+1. The van der Waals surface area contributed by atoms with Crippen LogP contribution in [0.5, 0.6) is 0 Å². The molecule has 0 amide bonds. The van der Waals surface area contributed by atoms with Gasteiger partial charge in [-0.15, -0.1) is 0 Å². The number of aldehydes is 1. The third-order valence-corrected chi connectivity index (χ3v) is 3.68. The summed E-state index contributed by atoms with van der Waals surface area (Å²) in [5.74, 6) is 0. The minimum absolute atomic E-state index is 0.733. The van der Waals surface area contributed by atoms with Gasteiger partial charge in [-0.25, -0.2) is 0 Å². The van der Waals surface area contributed by atoms with E-state index in [1.807, 2.05) is 0 Å². The lowest BCUT2D eigenvalue weighted by molar-refractivity contribution is -0.928. The third-order valence-electron chi connectivity index (χ3n) is 3.68. The predicted molar refractivity (Wildman–Crippen MR) is 75.1 cm³/mol. The second-order valence-corrected chi connectivity index (χ2v) is 5.25. The van der Waals surface area contributed by atoms with Crippen molar-refractivity contribution in [1.29, 1.82) is 0 Å². The SMILES string of the molecule is CCCC[N+](CCC=O)(CCCC)CCCC. The Morgan fingerprint density at radius 3 is 1.47 bits per heavy atom. The topological polar surface area (TPSA) is 17.1 Å². The lowest BCUT2D eigenvalue weighted by Gasteiger charge is -2.39. The number of nitrogens with zero attached hydrogens (tertiary/aromatic N) is 1. The summed E-state index contributed by atoms with van der Waals surface area (Å²) in [4.78, 5) is 10.7. The highest BCUT2D eigenvalue weighted by Gasteiger charge is 2.24. The summed E-state index contributed by atoms with van der Waals surface area (Å²) >= 11 is 0. The van der Waals surface area contributed by atoms with Gasteiger partial charge in [0.2, 0.25) is 0 Å². The van der Waals surface area contributed by atoms with Crippen LogP contribution in [0.2, 0.25) is 0 Å². The van der Waals surface area contributed by atoms with Crippen molar-refractivity contribution in [3.05, 3.63) is 0 Å². The van der Waals surface area contributed by atoms with E-state index < -0.39 is 0 Å². The van der Waals surface area contributed by atoms with E-state index in [2.05, 4.69) is 20.8 Å². The van der Waals surface area contributed by atoms with Gasteiger partial charge in [-0.3, -0.25) is 0 Å². The molecule has 0 fully saturated rings. The molecule has 0 aromatic rings. The molecule has 0 unspecified atom stereocenters. The van der Waals surface area contributed by atoms with E-state index in [4.69, 9.17) is 0 Å². The van der Waals surface area contributed by atoms with E-state index in [1.165, 1.54) is 62.6 Å². The zero-order chi connectivity index (χ0) is 13.0. The smallest absolute Gasteiger partial charge is 0.125 e. The maximum atomic E-state index is 10.7. The molecule has 0 aliphatic rings. The molecule has 0 saturated heterocycles. The first-order valence-electron chi connectivity index (χ1n) is 7.53. The molecule has 0 spiro atoms. The van der Waals surface area contributed by atoms with Crippen molar-refractivity contribution in [2.75, 3.05) is 26.2 Å². The van der Waals surface area contributed by atoms with Gasteiger partial charge >= 0.3 is 0 Å². The highest BCUT2D eigenvalue weighted by atomic mass is 16.1. The Balaban J connectivity index is 4.44. The largest absolute Gasteiger partial charge is 0.323 e. The van der Waals surface area contributed by atoms with Crippen molar-refractivity contribution in [3.8, 4) is 0 Å². The number of rotatable bonds is 12. The van der Waals surface area contributed by atoms with Crippen LogP contribution in [0, 0.1) is 0 Å². The molecule has 17 heavy (non-hydrogen) atoms. The van der Waals surface area contributed by atoms with Crippen LogP contribution >= 0.6 is 0 Å². The lowest BCUT2D eigenvalue weighted by Crippen LogP contribution is -2.50. The maximum Gasteiger partial charge on any atom is 0.125 e. The maximum absolute atomic E-state index is 10.7. The van der Waals surface area contributed by atoms with Crippen molar-refractivity contribution < 1.29 is 9.28 Å². The van der Waals surface area contributed by atoms with Gasteiger partial charge in [0.15, 0.2) is 0 Å². The molecule has 0 radical (unpaired) electrons. The number of carbonyl (C=O) groups is 1. The van der Waals surface area contributed by atoms with E-state index in [0.717, 1.165) is 19.3 Å². The first-order chi connectivity index (χ1) is 8.24. The van der Waals surface area contributed by atoms with Gasteiger partial charge in [0.05, 0.1) is 32.6 Å². The Morgan fingerprint density at radius 1 is 0.765 bits per heavy atom. The summed E-state index contributed by atoms with van der Waals surface area (Å²) < 4.78 is 1.19. The Morgan fingerprint density at radius 2 is 1.18 bits per heavy atom. The predicted octanol–water partition coefficient (Wildman–Crippen LogP) is 3.79. The van der Waals surface area contributed by atoms with Crippen molar-refractivity contribution >= 4 is 6.29 Å². The fourth-order valence-electron chi connectivity index (χ4n) is 2.48. The van der Waals surface area contributed by atoms with Crippen LogP contribution in [-0.2, 0) is 4.79 Å². The van der Waals surface area contributed by atoms with Crippen LogP contribution in [0.15, 0.2) is 0 Å². The Hall–Kier alpha value is -0.370. The molecule has 0 bridgehead atoms. The third kappa shape index (κ3) is 7.54. The Bertz CT molecular complexity index is 158. The molecule has 2 heteroatoms. The molecule has 0 rings (SSSR count). The number of hydrogen-bond donors (Lipinski definition) is 0. The van der Waals surface area contributed by atoms with Crippen molar-refractivity contribution in [1.82, 2.24) is 0 Å². The summed E-state index contributed by atoms with van der Waals surface area (Å²) in [5, 5.41) is 0. The number of unbranched alkanes of at least 4 members (excludes halogenated alkanes) is 3. The lowest BCUT2D eigenvalue weighted by atomic mass is 10.1. The van der Waals surface area contributed by atoms with Crippen LogP contribution in [-0.4, -0.2) is 36.9 Å². The number of quaternary nitrogens is 1. The van der Waals surface area contributed by atoms with Crippen molar-refractivity contribution in [3.63, 3.8) is 0 Å². The normalized spacial score (nSPS) is 11.7. The van der Waals surface area contributed by atoms with Crippen molar-refractivity contribution in [2.24, 2.45) is 0 Å². The van der Waals surface area contributed by atoms with E-state index >= 15 is 0 Å². The molecular weight excluding hydrogens is 210 g/mol. The highest BCUT2D eigenvalue weighted by Crippen LogP contribution is 2.15. The van der Waals surface area contributed by atoms with E-state index in [9.17, 15) is 4.79 Å². The molecular formula is C15H32NO+. The van der Waals surface area contributed by atoms with Crippen LogP contribution in [0.25, 0.3) is 0 Å². The number of carbonyl (C=O) groups excluding carboxylic acids is 1. The average Bonchev–Trinajstić information content (AvgIpc) is 2.37. The van der Waals surface area contributed by atoms with E-state index in [-0.39, 0.29) is 0 Å². The minimum Gasteiger partial charge on any atom is -0.323 e. The fraction of sp³-hybridized carbons (Fsp3) is 0.933. The van der Waals surface area contributed by atoms with Crippen LogP contribution in [0.4, 0.5) is 0 Å². The summed E-state index contributed by atoms with van der Waals surface area (Å²) in [5.41, 5.74) is 0. The molecule has 0 N–H and O–H groups in total. The number of hydrogen-bond acceptors (Lipinski definition) is 1. The molecule has 102 valence electrons. The molecule has 0 heterocycles. The van der Waals surface area contributed by atoms with Crippen LogP contribution in [0.1, 0.15) is 65.7 Å². The van der Waals surface area contributed by atoms with Gasteiger partial charge in [-0.2, -0.15) is 0 Å². The molecule has 0 saturated carbocycles. The van der Waals surface area contributed by atoms with E-state index in [1.54, 1.807) is 0 Å². The Labute approximate surface area is 108 Å². The summed E-state index contributed by atoms with van der Waals surface area (Å²) in [6.45, 7) is 11.6. The molecule has 0 aromatic carbocycles. The summed E-state index contributed by atoms with van der Waals surface area (Å²) in [7, 11) is 0. The van der Waals surface area contributed by atoms with Gasteiger partial charge in [0.1, 0.15) is 6.29 Å². The summed E-state index contributed by atoms with van der Waals surface area (Å²) in [6.07, 6.45) is 9.51. The fourth-order valence-corrected chi connectivity index (χ4v) is 2.48. The van der Waals surface area contributed by atoms with Gasteiger partial charge in [0, 0.05) is 0 Å². The first-order valence-corrected chi connectivity index (χ1v) is 7.53. The Kier molecular flexibility index (Phi) is 10.5. The van der Waals surface area contributed by atoms with Crippen molar-refractivity contribution in [2.45, 2.75) is 65.7 Å². The average molecular weight is 242 g/mol. The zero-order valence-corrected chi connectivity index (χ0v) is 12.2. The van der Waals surface area contributed by atoms with Gasteiger partial charge in [-0.1, -0.05) is 40.0 Å². The summed E-state index contributed by atoms with van der Waals surface area (Å²) in [6, 6.07) is 0. The molecule has 2 nitrogen and oxygen atoms in total. The molecule has 0 atom stereocenters. The first kappa shape index (κ1) is 16.6. The molecule has 0 aliphatic heterocycles. The quantitative estimate of drug-likeness (QED) is 0.376. The zero-order valence-electron chi connectivity index (χ0n) is 12.2. The van der Waals surface area contributed by atoms with Crippen LogP contribution in [0.3, 0.4) is 0 Å².